The van der Waals surface area contributed by atoms with Crippen molar-refractivity contribution < 1.29 is 0 Å². The van der Waals surface area contributed by atoms with Crippen molar-refractivity contribution in [3.63, 3.8) is 0 Å². The van der Waals surface area contributed by atoms with Gasteiger partial charge in [0.2, 0.25) is 0 Å². The number of benzene rings is 8. The monoisotopic (exact) mass is 666 g/mol. The van der Waals surface area contributed by atoms with Gasteiger partial charge in [-0.05, 0) is 0 Å². The predicted molar refractivity (Wildman–Crippen MR) is 203 cm³/mol. The van der Waals surface area contributed by atoms with Crippen LogP contribution in [0.2, 0.25) is 0 Å². The Morgan fingerprint density at radius 3 is 1.26 bits per heavy atom. The Hall–Kier alpha value is -4.73. The molecule has 46 heavy (non-hydrogen) atoms. The molecule has 0 atom stereocenters. The van der Waals surface area contributed by atoms with Gasteiger partial charge in [-0.3, -0.25) is 0 Å². The average molecular weight is 667 g/mol. The fourth-order valence-corrected chi connectivity index (χ4v) is 14.2. The van der Waals surface area contributed by atoms with Crippen LogP contribution in [0.25, 0.3) is 32.7 Å². The van der Waals surface area contributed by atoms with E-state index in [0.29, 0.717) is 0 Å². The van der Waals surface area contributed by atoms with Crippen LogP contribution in [0.5, 0.6) is 0 Å². The van der Waals surface area contributed by atoms with Crippen LogP contribution in [0, 0.1) is 0 Å². The number of hydrogen-bond donors (Lipinski definition) is 0. The maximum atomic E-state index is 2.45. The van der Waals surface area contributed by atoms with E-state index in [1.165, 1.54) is 61.6 Å². The average Bonchev–Trinajstić information content (AvgIpc) is 3.14. The Labute approximate surface area is 277 Å². The fourth-order valence-electron chi connectivity index (χ4n) is 6.58. The summed E-state index contributed by atoms with van der Waals surface area (Å²) in [5, 5.41) is 9.31. The quantitative estimate of drug-likeness (QED) is 0.120. The van der Waals surface area contributed by atoms with E-state index in [9.17, 15) is 0 Å². The maximum absolute atomic E-state index is 2.45. The van der Waals surface area contributed by atoms with Crippen molar-refractivity contribution in [1.82, 2.24) is 0 Å². The minimum absolute atomic E-state index is 0.843. The molecule has 0 aliphatic heterocycles. The van der Waals surface area contributed by atoms with Gasteiger partial charge in [-0.1, -0.05) is 0 Å². The summed E-state index contributed by atoms with van der Waals surface area (Å²) in [7, 11) is -0.843. The first-order valence-corrected chi connectivity index (χ1v) is 19.9. The number of hydrogen-bond acceptors (Lipinski definition) is 0. The third-order valence-corrected chi connectivity index (χ3v) is 16.3. The van der Waals surface area contributed by atoms with Gasteiger partial charge >= 0.3 is 278 Å². The van der Waals surface area contributed by atoms with Crippen LogP contribution in [0.4, 0.5) is 0 Å². The molecule has 8 rings (SSSR count). The first-order chi connectivity index (χ1) is 22.9. The van der Waals surface area contributed by atoms with Gasteiger partial charge < -0.3 is 0 Å². The van der Waals surface area contributed by atoms with E-state index < -0.39 is 22.6 Å². The molecule has 0 N–H and O–H groups in total. The zero-order valence-electron chi connectivity index (χ0n) is 25.4. The van der Waals surface area contributed by atoms with Crippen LogP contribution in [-0.2, 0) is 0 Å². The number of rotatable bonds is 7. The molecule has 0 bridgehead atoms. The zero-order chi connectivity index (χ0) is 30.7. The molecule has 0 saturated carbocycles. The van der Waals surface area contributed by atoms with E-state index in [4.69, 9.17) is 0 Å². The summed E-state index contributed by atoms with van der Waals surface area (Å²) in [5.41, 5.74) is 2.76. The molecule has 218 valence electrons. The van der Waals surface area contributed by atoms with E-state index >= 15 is 0 Å². The molecule has 0 unspecified atom stereocenters. The Morgan fingerprint density at radius 2 is 0.739 bits per heavy atom. The molecule has 0 spiro atoms. The standard InChI is InChI=1S/C44H32AsP/c1-5-19-35(20-6-1)45(36-21-7-2-8-22-36)41-31-29-33-17-13-15-27-39(33)43(41)44-40-28-16-14-18-34(40)30-32-42(44)46(37-23-9-3-10-24-37)38-25-11-4-12-26-38/h1-32H. The Balaban J connectivity index is 1.53. The van der Waals surface area contributed by atoms with E-state index in [2.05, 4.69) is 194 Å². The topological polar surface area (TPSA) is 0 Å². The first kappa shape index (κ1) is 28.7. The van der Waals surface area contributed by atoms with Gasteiger partial charge in [-0.25, -0.2) is 0 Å². The van der Waals surface area contributed by atoms with Crippen molar-refractivity contribution >= 4 is 73.1 Å². The second kappa shape index (κ2) is 12.9. The van der Waals surface area contributed by atoms with E-state index in [1.807, 2.05) is 0 Å². The van der Waals surface area contributed by atoms with Crippen molar-refractivity contribution in [2.45, 2.75) is 0 Å². The van der Waals surface area contributed by atoms with Gasteiger partial charge in [0, 0.05) is 0 Å². The van der Waals surface area contributed by atoms with E-state index in [-0.39, 0.29) is 0 Å². The predicted octanol–water partition coefficient (Wildman–Crippen LogP) is 7.93. The van der Waals surface area contributed by atoms with Gasteiger partial charge in [0.05, 0.1) is 0 Å². The summed E-state index contributed by atoms with van der Waals surface area (Å²) in [4.78, 5) is 0. The van der Waals surface area contributed by atoms with Crippen LogP contribution in [0.1, 0.15) is 0 Å². The zero-order valence-corrected chi connectivity index (χ0v) is 28.1. The van der Waals surface area contributed by atoms with E-state index in [0.717, 1.165) is 0 Å². The van der Waals surface area contributed by atoms with Crippen molar-refractivity contribution in [2.24, 2.45) is 0 Å². The van der Waals surface area contributed by atoms with Crippen molar-refractivity contribution in [1.29, 1.82) is 0 Å². The third-order valence-electron chi connectivity index (χ3n) is 8.60. The normalized spacial score (nSPS) is 11.4. The summed E-state index contributed by atoms with van der Waals surface area (Å²) < 4.78 is 4.35. The van der Waals surface area contributed by atoms with Crippen LogP contribution in [0.3, 0.4) is 0 Å². The molecule has 0 aliphatic rings. The summed E-state index contributed by atoms with van der Waals surface area (Å²) in [6.45, 7) is 0. The Morgan fingerprint density at radius 1 is 0.326 bits per heavy atom. The van der Waals surface area contributed by atoms with Gasteiger partial charge in [-0.2, -0.15) is 0 Å². The molecule has 8 aromatic carbocycles. The molecule has 0 aromatic heterocycles. The van der Waals surface area contributed by atoms with Gasteiger partial charge in [-0.15, -0.1) is 0 Å². The van der Waals surface area contributed by atoms with Crippen LogP contribution < -0.4 is 29.0 Å². The van der Waals surface area contributed by atoms with Crippen molar-refractivity contribution in [3.05, 3.63) is 194 Å². The first-order valence-electron chi connectivity index (χ1n) is 15.7. The Bertz CT molecular complexity index is 2000. The molecular weight excluding hydrogens is 634 g/mol. The summed E-state index contributed by atoms with van der Waals surface area (Å²) in [6, 6.07) is 72.3. The molecule has 0 aliphatic carbocycles. The second-order valence-corrected chi connectivity index (χ2v) is 18.1. The van der Waals surface area contributed by atoms with Crippen LogP contribution >= 0.6 is 7.92 Å². The van der Waals surface area contributed by atoms with Crippen molar-refractivity contribution in [3.8, 4) is 11.1 Å². The van der Waals surface area contributed by atoms with Gasteiger partial charge in [0.15, 0.2) is 0 Å². The molecule has 0 fully saturated rings. The summed E-state index contributed by atoms with van der Waals surface area (Å²) in [6.07, 6.45) is 0. The van der Waals surface area contributed by atoms with Crippen molar-refractivity contribution in [2.75, 3.05) is 0 Å². The van der Waals surface area contributed by atoms with Crippen LogP contribution in [-0.4, -0.2) is 14.7 Å². The van der Waals surface area contributed by atoms with E-state index in [1.54, 1.807) is 0 Å². The molecule has 0 radical (unpaired) electrons. The molecule has 2 heteroatoms. The molecular formula is C44H32AsP. The molecule has 0 saturated heterocycles. The van der Waals surface area contributed by atoms with Gasteiger partial charge in [0.1, 0.15) is 0 Å². The molecule has 0 heterocycles. The summed E-state index contributed by atoms with van der Waals surface area (Å²) in [5.74, 6) is 0. The third kappa shape index (κ3) is 5.39. The minimum atomic E-state index is -2.00. The summed E-state index contributed by atoms with van der Waals surface area (Å²) >= 11 is -2.00. The second-order valence-electron chi connectivity index (χ2n) is 11.4. The number of fused-ring (bicyclic) bond motifs is 2. The van der Waals surface area contributed by atoms with Crippen LogP contribution in [0.15, 0.2) is 194 Å². The Kier molecular flexibility index (Phi) is 8.08. The molecule has 0 amide bonds. The fraction of sp³-hybridized carbons (Fsp3) is 0. The van der Waals surface area contributed by atoms with Gasteiger partial charge in [0.25, 0.3) is 0 Å². The molecule has 0 nitrogen and oxygen atoms in total. The SMILES string of the molecule is c1ccc(P(c2ccccc2)c2ccc3ccccc3c2-c2c([As](c3ccccc3)c3ccccc3)ccc3ccccc23)cc1. The molecule has 8 aromatic rings.